The van der Waals surface area contributed by atoms with Crippen molar-refractivity contribution in [3.63, 3.8) is 0 Å². The van der Waals surface area contributed by atoms with Gasteiger partial charge in [0.1, 0.15) is 5.78 Å². The third-order valence-electron chi connectivity index (χ3n) is 5.57. The van der Waals surface area contributed by atoms with Gasteiger partial charge in [-0.2, -0.15) is 0 Å². The fourth-order valence-corrected chi connectivity index (χ4v) is 4.62. The highest BCUT2D eigenvalue weighted by Crippen LogP contribution is 2.59. The van der Waals surface area contributed by atoms with E-state index < -0.39 is 0 Å². The second-order valence-electron chi connectivity index (χ2n) is 6.86. The topological polar surface area (TPSA) is 17.1 Å². The van der Waals surface area contributed by atoms with Gasteiger partial charge in [-0.3, -0.25) is 4.79 Å². The third-order valence-corrected chi connectivity index (χ3v) is 6.41. The van der Waals surface area contributed by atoms with Crippen LogP contribution in [-0.4, -0.2) is 10.1 Å². The molecule has 2 aliphatic carbocycles. The molecule has 2 aliphatic rings. The van der Waals surface area contributed by atoms with Crippen molar-refractivity contribution in [3.05, 3.63) is 0 Å². The first kappa shape index (κ1) is 13.6. The molecule has 0 aliphatic heterocycles. The average molecular weight is 301 g/mol. The van der Waals surface area contributed by atoms with Crippen LogP contribution in [0, 0.1) is 23.2 Å². The predicted molar refractivity (Wildman–Crippen MR) is 75.3 cm³/mol. The molecule has 17 heavy (non-hydrogen) atoms. The van der Waals surface area contributed by atoms with E-state index in [4.69, 9.17) is 0 Å². The minimum absolute atomic E-state index is 0.248. The van der Waals surface area contributed by atoms with Crippen LogP contribution in [0.25, 0.3) is 0 Å². The van der Waals surface area contributed by atoms with Crippen molar-refractivity contribution >= 4 is 21.7 Å². The number of alkyl halides is 1. The van der Waals surface area contributed by atoms with Gasteiger partial charge in [-0.25, -0.2) is 0 Å². The Hall–Kier alpha value is 0.150. The highest BCUT2D eigenvalue weighted by Gasteiger charge is 2.54. The number of hydrogen-bond donors (Lipinski definition) is 0. The fraction of sp³-hybridized carbons (Fsp3) is 0.933. The van der Waals surface area contributed by atoms with Crippen LogP contribution >= 0.6 is 15.9 Å². The first-order valence-corrected chi connectivity index (χ1v) is 7.81. The third kappa shape index (κ3) is 2.11. The fourth-order valence-electron chi connectivity index (χ4n) is 4.28. The normalized spacial score (nSPS) is 47.1. The summed E-state index contributed by atoms with van der Waals surface area (Å²) in [6, 6.07) is 0. The Morgan fingerprint density at radius 2 is 1.94 bits per heavy atom. The second-order valence-corrected chi connectivity index (χ2v) is 8.61. The maximum Gasteiger partial charge on any atom is 0.149 e. The Balaban J connectivity index is 2.26. The first-order chi connectivity index (χ1) is 7.79. The van der Waals surface area contributed by atoms with Gasteiger partial charge in [0.2, 0.25) is 0 Å². The molecule has 2 rings (SSSR count). The van der Waals surface area contributed by atoms with Crippen LogP contribution in [0.15, 0.2) is 0 Å². The molecule has 98 valence electrons. The summed E-state index contributed by atoms with van der Waals surface area (Å²) in [5, 5.41) is 0. The van der Waals surface area contributed by atoms with Crippen molar-refractivity contribution < 1.29 is 4.79 Å². The molecule has 0 bridgehead atoms. The van der Waals surface area contributed by atoms with Crippen molar-refractivity contribution in [2.45, 2.75) is 64.1 Å². The molecule has 2 saturated carbocycles. The molecule has 2 heteroatoms. The Morgan fingerprint density at radius 1 is 1.29 bits per heavy atom. The zero-order valence-corrected chi connectivity index (χ0v) is 13.1. The molecule has 0 N–H and O–H groups in total. The molecule has 0 amide bonds. The van der Waals surface area contributed by atoms with Gasteiger partial charge in [0.15, 0.2) is 0 Å². The van der Waals surface area contributed by atoms with Crippen LogP contribution in [0.3, 0.4) is 0 Å². The molecule has 1 spiro atoms. The number of hydrogen-bond acceptors (Lipinski definition) is 1. The van der Waals surface area contributed by atoms with Crippen molar-refractivity contribution in [2.75, 3.05) is 0 Å². The minimum Gasteiger partial charge on any atom is -0.298 e. The molecule has 4 atom stereocenters. The quantitative estimate of drug-likeness (QED) is 0.648. The molecule has 0 radical (unpaired) electrons. The van der Waals surface area contributed by atoms with Crippen LogP contribution in [0.1, 0.15) is 59.8 Å². The van der Waals surface area contributed by atoms with E-state index in [1.165, 1.54) is 19.3 Å². The molecular formula is C15H25BrO. The summed E-state index contributed by atoms with van der Waals surface area (Å²) in [5.74, 6) is 2.63. The Bertz CT molecular complexity index is 321. The summed E-state index contributed by atoms with van der Waals surface area (Å²) >= 11 is 3.62. The van der Waals surface area contributed by atoms with Crippen molar-refractivity contribution in [2.24, 2.45) is 23.2 Å². The standard InChI is InChI=1S/C15H25BrO/c1-10(2)12-6-5-11(3)15(12)8-7-14(4,16)13(17)9-15/h10-12H,5-9H2,1-4H3. The molecule has 0 saturated heterocycles. The molecule has 0 aromatic carbocycles. The van der Waals surface area contributed by atoms with Gasteiger partial charge in [0, 0.05) is 6.42 Å². The summed E-state index contributed by atoms with van der Waals surface area (Å²) in [6.45, 7) is 9.08. The summed E-state index contributed by atoms with van der Waals surface area (Å²) in [7, 11) is 0. The zero-order valence-electron chi connectivity index (χ0n) is 11.6. The molecule has 0 aromatic heterocycles. The summed E-state index contributed by atoms with van der Waals surface area (Å²) in [6.07, 6.45) is 5.68. The van der Waals surface area contributed by atoms with Crippen molar-refractivity contribution in [1.29, 1.82) is 0 Å². The summed E-state index contributed by atoms with van der Waals surface area (Å²) < 4.78 is -0.248. The van der Waals surface area contributed by atoms with Crippen LogP contribution in [-0.2, 0) is 4.79 Å². The lowest BCUT2D eigenvalue weighted by atomic mass is 9.59. The van der Waals surface area contributed by atoms with Crippen LogP contribution in [0.4, 0.5) is 0 Å². The predicted octanol–water partition coefficient (Wildman–Crippen LogP) is 4.58. The Labute approximate surface area is 114 Å². The maximum absolute atomic E-state index is 12.3. The summed E-state index contributed by atoms with van der Waals surface area (Å²) in [4.78, 5) is 12.3. The van der Waals surface area contributed by atoms with E-state index in [0.717, 1.165) is 24.7 Å². The number of carbonyl (C=O) groups is 1. The van der Waals surface area contributed by atoms with E-state index in [-0.39, 0.29) is 4.32 Å². The van der Waals surface area contributed by atoms with Gasteiger partial charge >= 0.3 is 0 Å². The van der Waals surface area contributed by atoms with Crippen molar-refractivity contribution in [3.8, 4) is 0 Å². The van der Waals surface area contributed by atoms with Crippen molar-refractivity contribution in [1.82, 2.24) is 0 Å². The lowest BCUT2D eigenvalue weighted by Gasteiger charge is -2.47. The number of Topliss-reactive ketones (excluding diaryl/α,β-unsaturated/α-hetero) is 1. The van der Waals surface area contributed by atoms with E-state index in [0.29, 0.717) is 17.1 Å². The van der Waals surface area contributed by atoms with Crippen LogP contribution in [0.2, 0.25) is 0 Å². The summed E-state index contributed by atoms with van der Waals surface area (Å²) in [5.41, 5.74) is 0.318. The lowest BCUT2D eigenvalue weighted by molar-refractivity contribution is -0.128. The number of ketones is 1. The van der Waals surface area contributed by atoms with Gasteiger partial charge in [-0.05, 0) is 55.8 Å². The van der Waals surface area contributed by atoms with Crippen LogP contribution in [0.5, 0.6) is 0 Å². The largest absolute Gasteiger partial charge is 0.298 e. The van der Waals surface area contributed by atoms with E-state index in [9.17, 15) is 4.79 Å². The average Bonchev–Trinajstić information content (AvgIpc) is 2.52. The van der Waals surface area contributed by atoms with Gasteiger partial charge < -0.3 is 0 Å². The Morgan fingerprint density at radius 3 is 2.47 bits per heavy atom. The smallest absolute Gasteiger partial charge is 0.149 e. The van der Waals surface area contributed by atoms with Gasteiger partial charge in [-0.15, -0.1) is 0 Å². The molecule has 0 heterocycles. The molecule has 1 nitrogen and oxygen atoms in total. The molecular weight excluding hydrogens is 276 g/mol. The minimum atomic E-state index is -0.248. The number of carbonyl (C=O) groups excluding carboxylic acids is 1. The SMILES string of the molecule is CC(C)C1CCC(C)C12CCC(C)(Br)C(=O)C2. The van der Waals surface area contributed by atoms with Gasteiger partial charge in [0.05, 0.1) is 4.32 Å². The van der Waals surface area contributed by atoms with E-state index in [1.807, 2.05) is 6.92 Å². The first-order valence-electron chi connectivity index (χ1n) is 7.02. The number of rotatable bonds is 1. The van der Waals surface area contributed by atoms with Gasteiger partial charge in [0.25, 0.3) is 0 Å². The van der Waals surface area contributed by atoms with E-state index >= 15 is 0 Å². The highest BCUT2D eigenvalue weighted by molar-refractivity contribution is 9.10. The second kappa shape index (κ2) is 4.36. The number of halogens is 1. The monoisotopic (exact) mass is 300 g/mol. The maximum atomic E-state index is 12.3. The molecule has 0 aromatic rings. The lowest BCUT2D eigenvalue weighted by Crippen LogP contribution is -2.46. The Kier molecular flexibility index (Phi) is 3.48. The molecule has 4 unspecified atom stereocenters. The van der Waals surface area contributed by atoms with Crippen LogP contribution < -0.4 is 0 Å². The van der Waals surface area contributed by atoms with E-state index in [2.05, 4.69) is 36.7 Å². The van der Waals surface area contributed by atoms with E-state index in [1.54, 1.807) is 0 Å². The van der Waals surface area contributed by atoms with Gasteiger partial charge in [-0.1, -0.05) is 36.7 Å². The zero-order chi connectivity index (χ0) is 12.8. The molecule has 2 fully saturated rings. The highest BCUT2D eigenvalue weighted by atomic mass is 79.9.